The molecule has 1 aliphatic rings. The van der Waals surface area contributed by atoms with Gasteiger partial charge in [0, 0.05) is 24.8 Å². The lowest BCUT2D eigenvalue weighted by atomic mass is 10.1. The van der Waals surface area contributed by atoms with E-state index in [1.54, 1.807) is 6.07 Å². The monoisotopic (exact) mass is 299 g/mol. The molecular formula is C16H18FN5. The number of aryl methyl sites for hydroxylation is 1. The quantitative estimate of drug-likeness (QED) is 0.809. The van der Waals surface area contributed by atoms with Crippen LogP contribution in [-0.4, -0.2) is 31.2 Å². The van der Waals surface area contributed by atoms with Crippen LogP contribution in [0.1, 0.15) is 30.3 Å². The minimum absolute atomic E-state index is 0.273. The molecule has 0 spiro atoms. The highest BCUT2D eigenvalue weighted by molar-refractivity contribution is 5.75. The number of H-pyrrole nitrogens is 1. The molecule has 1 N–H and O–H groups in total. The van der Waals surface area contributed by atoms with Crippen molar-refractivity contribution < 1.29 is 4.39 Å². The molecule has 22 heavy (non-hydrogen) atoms. The van der Waals surface area contributed by atoms with E-state index < -0.39 is 0 Å². The normalized spacial score (nSPS) is 19.3. The maximum Gasteiger partial charge on any atom is 0.151 e. The van der Waals surface area contributed by atoms with Gasteiger partial charge >= 0.3 is 0 Å². The number of hydrogen-bond donors (Lipinski definition) is 1. The Labute approximate surface area is 127 Å². The van der Waals surface area contributed by atoms with Crippen molar-refractivity contribution >= 4 is 11.0 Å². The molecule has 1 atom stereocenters. The number of para-hydroxylation sites is 1. The van der Waals surface area contributed by atoms with Crippen LogP contribution in [0.4, 0.5) is 4.39 Å². The summed E-state index contributed by atoms with van der Waals surface area (Å²) in [5.74, 6) is 0.543. The maximum absolute atomic E-state index is 13.8. The zero-order chi connectivity index (χ0) is 15.1. The zero-order valence-corrected chi connectivity index (χ0v) is 12.5. The van der Waals surface area contributed by atoms with Crippen LogP contribution in [0.15, 0.2) is 30.6 Å². The fourth-order valence-electron chi connectivity index (χ4n) is 3.32. The van der Waals surface area contributed by atoms with Crippen molar-refractivity contribution in [2.24, 2.45) is 7.05 Å². The SMILES string of the molecule is Cn1cc(C2CCCN2Cc2nc3c(F)cccc3[nH]2)cn1. The van der Waals surface area contributed by atoms with Crippen molar-refractivity contribution in [1.82, 2.24) is 24.6 Å². The standard InChI is InChI=1S/C16H18FN5/c1-21-9-11(8-18-21)14-6-3-7-22(14)10-15-19-13-5-2-4-12(17)16(13)20-15/h2,4-5,8-9,14H,3,6-7,10H2,1H3,(H,19,20). The molecule has 0 amide bonds. The van der Waals surface area contributed by atoms with Crippen LogP contribution in [0.3, 0.4) is 0 Å². The zero-order valence-electron chi connectivity index (χ0n) is 12.5. The molecule has 1 unspecified atom stereocenters. The summed E-state index contributed by atoms with van der Waals surface area (Å²) in [6, 6.07) is 5.37. The highest BCUT2D eigenvalue weighted by Gasteiger charge is 2.27. The van der Waals surface area contributed by atoms with E-state index >= 15 is 0 Å². The lowest BCUT2D eigenvalue weighted by Gasteiger charge is -2.22. The molecule has 0 aliphatic carbocycles. The lowest BCUT2D eigenvalue weighted by molar-refractivity contribution is 0.243. The molecule has 1 aromatic carbocycles. The second kappa shape index (κ2) is 5.21. The second-order valence-corrected chi connectivity index (χ2v) is 5.90. The fourth-order valence-corrected chi connectivity index (χ4v) is 3.32. The molecule has 3 heterocycles. The Morgan fingerprint density at radius 3 is 3.09 bits per heavy atom. The van der Waals surface area contributed by atoms with Gasteiger partial charge in [-0.3, -0.25) is 9.58 Å². The summed E-state index contributed by atoms with van der Waals surface area (Å²) >= 11 is 0. The number of benzene rings is 1. The number of nitrogens with zero attached hydrogens (tertiary/aromatic N) is 4. The van der Waals surface area contributed by atoms with E-state index in [1.807, 2.05) is 24.0 Å². The average Bonchev–Trinajstić information content (AvgIpc) is 3.19. The summed E-state index contributed by atoms with van der Waals surface area (Å²) in [5, 5.41) is 4.27. The predicted molar refractivity (Wildman–Crippen MR) is 81.6 cm³/mol. The van der Waals surface area contributed by atoms with Crippen LogP contribution < -0.4 is 0 Å². The van der Waals surface area contributed by atoms with Gasteiger partial charge in [0.15, 0.2) is 5.82 Å². The van der Waals surface area contributed by atoms with Gasteiger partial charge in [0.2, 0.25) is 0 Å². The summed E-state index contributed by atoms with van der Waals surface area (Å²) in [6.07, 6.45) is 6.29. The summed E-state index contributed by atoms with van der Waals surface area (Å²) in [6.45, 7) is 1.73. The van der Waals surface area contributed by atoms with Gasteiger partial charge in [0.05, 0.1) is 18.3 Å². The summed E-state index contributed by atoms with van der Waals surface area (Å²) in [4.78, 5) is 10.0. The Balaban J connectivity index is 1.59. The molecule has 0 saturated carbocycles. The van der Waals surface area contributed by atoms with Crippen LogP contribution >= 0.6 is 0 Å². The van der Waals surface area contributed by atoms with Crippen LogP contribution in [-0.2, 0) is 13.6 Å². The van der Waals surface area contributed by atoms with Crippen molar-refractivity contribution in [3.05, 3.63) is 47.8 Å². The number of fused-ring (bicyclic) bond motifs is 1. The summed E-state index contributed by atoms with van der Waals surface area (Å²) in [5.41, 5.74) is 2.42. The average molecular weight is 299 g/mol. The van der Waals surface area contributed by atoms with E-state index in [0.717, 1.165) is 30.7 Å². The van der Waals surface area contributed by atoms with Crippen molar-refractivity contribution in [3.63, 3.8) is 0 Å². The molecule has 6 heteroatoms. The van der Waals surface area contributed by atoms with E-state index in [9.17, 15) is 4.39 Å². The third-order valence-corrected chi connectivity index (χ3v) is 4.34. The van der Waals surface area contributed by atoms with Crippen LogP contribution in [0.2, 0.25) is 0 Å². The first kappa shape index (κ1) is 13.5. The molecule has 1 saturated heterocycles. The molecule has 4 rings (SSSR count). The first-order chi connectivity index (χ1) is 10.7. The van der Waals surface area contributed by atoms with E-state index in [4.69, 9.17) is 0 Å². The molecular weight excluding hydrogens is 281 g/mol. The minimum atomic E-state index is -0.273. The topological polar surface area (TPSA) is 49.7 Å². The third kappa shape index (κ3) is 2.29. The molecule has 1 fully saturated rings. The summed E-state index contributed by atoms with van der Waals surface area (Å²) < 4.78 is 15.6. The number of nitrogens with one attached hydrogen (secondary N) is 1. The summed E-state index contributed by atoms with van der Waals surface area (Å²) in [7, 11) is 1.94. The van der Waals surface area contributed by atoms with Crippen LogP contribution in [0, 0.1) is 5.82 Å². The van der Waals surface area contributed by atoms with Gasteiger partial charge in [0.25, 0.3) is 0 Å². The molecule has 1 aliphatic heterocycles. The van der Waals surface area contributed by atoms with Gasteiger partial charge in [-0.25, -0.2) is 9.37 Å². The van der Waals surface area contributed by atoms with E-state index in [-0.39, 0.29) is 5.82 Å². The molecule has 0 radical (unpaired) electrons. The number of likely N-dealkylation sites (tertiary alicyclic amines) is 1. The Kier molecular flexibility index (Phi) is 3.18. The van der Waals surface area contributed by atoms with Crippen molar-refractivity contribution in [2.45, 2.75) is 25.4 Å². The van der Waals surface area contributed by atoms with Gasteiger partial charge in [-0.2, -0.15) is 5.10 Å². The third-order valence-electron chi connectivity index (χ3n) is 4.34. The Morgan fingerprint density at radius 1 is 1.41 bits per heavy atom. The van der Waals surface area contributed by atoms with Gasteiger partial charge in [-0.15, -0.1) is 0 Å². The number of imidazole rings is 1. The molecule has 114 valence electrons. The van der Waals surface area contributed by atoms with Crippen molar-refractivity contribution in [1.29, 1.82) is 0 Å². The van der Waals surface area contributed by atoms with E-state index in [1.165, 1.54) is 11.6 Å². The smallest absolute Gasteiger partial charge is 0.151 e. The first-order valence-electron chi connectivity index (χ1n) is 7.56. The van der Waals surface area contributed by atoms with E-state index in [0.29, 0.717) is 18.1 Å². The first-order valence-corrected chi connectivity index (χ1v) is 7.56. The Bertz CT molecular complexity index is 806. The highest BCUT2D eigenvalue weighted by Crippen LogP contribution is 2.32. The number of rotatable bonds is 3. The van der Waals surface area contributed by atoms with Crippen molar-refractivity contribution in [3.8, 4) is 0 Å². The highest BCUT2D eigenvalue weighted by atomic mass is 19.1. The molecule has 2 aromatic heterocycles. The number of halogens is 1. The maximum atomic E-state index is 13.8. The molecule has 3 aromatic rings. The van der Waals surface area contributed by atoms with Gasteiger partial charge in [0.1, 0.15) is 11.3 Å². The molecule has 0 bridgehead atoms. The van der Waals surface area contributed by atoms with Gasteiger partial charge in [-0.05, 0) is 31.5 Å². The number of aromatic amines is 1. The van der Waals surface area contributed by atoms with Gasteiger partial charge in [-0.1, -0.05) is 6.07 Å². The predicted octanol–water partition coefficient (Wildman–Crippen LogP) is 2.77. The number of aromatic nitrogens is 4. The van der Waals surface area contributed by atoms with E-state index in [2.05, 4.69) is 26.2 Å². The molecule has 5 nitrogen and oxygen atoms in total. The van der Waals surface area contributed by atoms with Crippen molar-refractivity contribution in [2.75, 3.05) is 6.54 Å². The van der Waals surface area contributed by atoms with Crippen LogP contribution in [0.5, 0.6) is 0 Å². The largest absolute Gasteiger partial charge is 0.341 e. The Hall–Kier alpha value is -2.21. The van der Waals surface area contributed by atoms with Crippen LogP contribution in [0.25, 0.3) is 11.0 Å². The fraction of sp³-hybridized carbons (Fsp3) is 0.375. The lowest BCUT2D eigenvalue weighted by Crippen LogP contribution is -2.23. The minimum Gasteiger partial charge on any atom is -0.341 e. The number of hydrogen-bond acceptors (Lipinski definition) is 3. The Morgan fingerprint density at radius 2 is 2.32 bits per heavy atom. The second-order valence-electron chi connectivity index (χ2n) is 5.90. The van der Waals surface area contributed by atoms with Gasteiger partial charge < -0.3 is 4.98 Å².